The predicted octanol–water partition coefficient (Wildman–Crippen LogP) is 2.52. The molecule has 0 amide bonds. The predicted molar refractivity (Wildman–Crippen MR) is 80.4 cm³/mol. The molecule has 3 nitrogen and oxygen atoms in total. The van der Waals surface area contributed by atoms with Crippen molar-refractivity contribution < 1.29 is 0 Å². The van der Waals surface area contributed by atoms with Gasteiger partial charge in [-0.25, -0.2) is 0 Å². The zero-order valence-electron chi connectivity index (χ0n) is 11.6. The summed E-state index contributed by atoms with van der Waals surface area (Å²) in [5, 5.41) is 3.39. The molecule has 1 aromatic heterocycles. The minimum Gasteiger partial charge on any atom is -0.369 e. The number of pyridine rings is 1. The normalized spacial score (nSPS) is 18.9. The molecule has 1 aromatic rings. The lowest BCUT2D eigenvalue weighted by Crippen LogP contribution is -2.43. The molecule has 1 aliphatic heterocycles. The Morgan fingerprint density at radius 1 is 1.50 bits per heavy atom. The van der Waals surface area contributed by atoms with Crippen molar-refractivity contribution in [3.05, 3.63) is 24.0 Å². The molecule has 1 fully saturated rings. The molecule has 18 heavy (non-hydrogen) atoms. The van der Waals surface area contributed by atoms with Crippen molar-refractivity contribution in [2.24, 2.45) is 0 Å². The second kappa shape index (κ2) is 5.93. The van der Waals surface area contributed by atoms with Crippen molar-refractivity contribution in [3.63, 3.8) is 0 Å². The van der Waals surface area contributed by atoms with Crippen LogP contribution in [0.25, 0.3) is 0 Å². The molecule has 1 N–H and O–H groups in total. The molecular weight excluding hydrogens is 242 g/mol. The Hall–Kier alpha value is -0.740. The first-order chi connectivity index (χ1) is 8.62. The van der Waals surface area contributed by atoms with Crippen LogP contribution in [0.15, 0.2) is 18.5 Å². The van der Waals surface area contributed by atoms with Gasteiger partial charge >= 0.3 is 0 Å². The molecule has 0 radical (unpaired) electrons. The largest absolute Gasteiger partial charge is 0.369 e. The maximum Gasteiger partial charge on any atom is 0.0443 e. The molecule has 0 aliphatic carbocycles. The molecule has 100 valence electrons. The summed E-state index contributed by atoms with van der Waals surface area (Å²) >= 11 is 2.07. The summed E-state index contributed by atoms with van der Waals surface area (Å²) < 4.78 is 0.344. The fraction of sp³-hybridized carbons (Fsp3) is 0.643. The van der Waals surface area contributed by atoms with Gasteiger partial charge in [-0.05, 0) is 26.5 Å². The highest BCUT2D eigenvalue weighted by atomic mass is 32.2. The monoisotopic (exact) mass is 265 g/mol. The molecule has 0 unspecified atom stereocenters. The Bertz CT molecular complexity index is 392. The summed E-state index contributed by atoms with van der Waals surface area (Å²) in [6, 6.07) is 2.15. The number of rotatable bonds is 4. The van der Waals surface area contributed by atoms with Crippen LogP contribution in [-0.2, 0) is 6.54 Å². The second-order valence-corrected chi connectivity index (χ2v) is 7.12. The van der Waals surface area contributed by atoms with Crippen LogP contribution in [0.5, 0.6) is 0 Å². The van der Waals surface area contributed by atoms with Gasteiger partial charge in [0.15, 0.2) is 0 Å². The molecule has 0 aromatic carbocycles. The number of hydrogen-bond donors (Lipinski definition) is 1. The summed E-state index contributed by atoms with van der Waals surface area (Å²) in [4.78, 5) is 6.76. The van der Waals surface area contributed by atoms with E-state index in [-0.39, 0.29) is 0 Å². The van der Waals surface area contributed by atoms with Crippen molar-refractivity contribution >= 4 is 17.4 Å². The number of anilines is 1. The highest BCUT2D eigenvalue weighted by molar-refractivity contribution is 8.00. The van der Waals surface area contributed by atoms with Gasteiger partial charge in [0.2, 0.25) is 0 Å². The molecule has 4 heteroatoms. The van der Waals surface area contributed by atoms with E-state index in [2.05, 4.69) is 53.8 Å². The maximum atomic E-state index is 4.26. The van der Waals surface area contributed by atoms with Crippen LogP contribution in [0.3, 0.4) is 0 Å². The molecule has 1 saturated heterocycles. The Kier molecular flexibility index (Phi) is 4.51. The molecule has 2 rings (SSSR count). The number of nitrogens with zero attached hydrogens (tertiary/aromatic N) is 2. The second-order valence-electron chi connectivity index (χ2n) is 5.31. The van der Waals surface area contributed by atoms with Crippen molar-refractivity contribution in [1.82, 2.24) is 10.3 Å². The Balaban J connectivity index is 2.16. The van der Waals surface area contributed by atoms with Gasteiger partial charge in [0.25, 0.3) is 0 Å². The zero-order chi connectivity index (χ0) is 13.0. The third-order valence-electron chi connectivity index (χ3n) is 3.21. The van der Waals surface area contributed by atoms with Crippen molar-refractivity contribution in [3.8, 4) is 0 Å². The average Bonchev–Trinajstić information content (AvgIpc) is 2.35. The van der Waals surface area contributed by atoms with E-state index in [0.29, 0.717) is 4.75 Å². The van der Waals surface area contributed by atoms with Crippen LogP contribution in [-0.4, -0.2) is 35.1 Å². The molecule has 0 saturated carbocycles. The summed E-state index contributed by atoms with van der Waals surface area (Å²) in [5.74, 6) is 1.20. The fourth-order valence-electron chi connectivity index (χ4n) is 2.35. The highest BCUT2D eigenvalue weighted by Gasteiger charge is 2.27. The van der Waals surface area contributed by atoms with Gasteiger partial charge in [-0.15, -0.1) is 0 Å². The minimum atomic E-state index is 0.344. The van der Waals surface area contributed by atoms with E-state index in [0.717, 1.165) is 26.2 Å². The van der Waals surface area contributed by atoms with Crippen LogP contribution < -0.4 is 10.2 Å². The van der Waals surface area contributed by atoms with Crippen molar-refractivity contribution in [2.45, 2.75) is 32.1 Å². The minimum absolute atomic E-state index is 0.344. The van der Waals surface area contributed by atoms with Crippen LogP contribution >= 0.6 is 11.8 Å². The van der Waals surface area contributed by atoms with Crippen molar-refractivity contribution in [1.29, 1.82) is 0 Å². The first kappa shape index (κ1) is 13.7. The lowest BCUT2D eigenvalue weighted by molar-refractivity contribution is 0.641. The standard InChI is InChI=1S/C14H23N3S/c1-4-15-9-12-10-16-6-5-13(12)17-7-8-18-14(2,3)11-17/h5-6,10,15H,4,7-9,11H2,1-3H3. The van der Waals surface area contributed by atoms with E-state index in [1.807, 2.05) is 12.4 Å². The SMILES string of the molecule is CCNCc1cnccc1N1CCSC(C)(C)C1. The number of nitrogens with one attached hydrogen (secondary N) is 1. The molecule has 2 heterocycles. The van der Waals surface area contributed by atoms with E-state index in [1.165, 1.54) is 17.0 Å². The van der Waals surface area contributed by atoms with E-state index in [4.69, 9.17) is 0 Å². The Morgan fingerprint density at radius 2 is 2.33 bits per heavy atom. The number of aromatic nitrogens is 1. The number of thioether (sulfide) groups is 1. The molecule has 1 aliphatic rings. The van der Waals surface area contributed by atoms with Crippen LogP contribution in [0.1, 0.15) is 26.3 Å². The summed E-state index contributed by atoms with van der Waals surface area (Å²) in [6.45, 7) is 10.9. The zero-order valence-corrected chi connectivity index (χ0v) is 12.4. The number of hydrogen-bond acceptors (Lipinski definition) is 4. The van der Waals surface area contributed by atoms with Crippen LogP contribution in [0.4, 0.5) is 5.69 Å². The quantitative estimate of drug-likeness (QED) is 0.905. The van der Waals surface area contributed by atoms with Gasteiger partial charge < -0.3 is 10.2 Å². The summed E-state index contributed by atoms with van der Waals surface area (Å²) in [6.07, 6.45) is 3.90. The molecular formula is C14H23N3S. The fourth-order valence-corrected chi connectivity index (χ4v) is 3.46. The first-order valence-corrected chi connectivity index (χ1v) is 7.63. The van der Waals surface area contributed by atoms with Crippen molar-refractivity contribution in [2.75, 3.05) is 30.3 Å². The maximum absolute atomic E-state index is 4.26. The average molecular weight is 265 g/mol. The van der Waals surface area contributed by atoms with Gasteiger partial charge in [0.1, 0.15) is 0 Å². The molecule has 0 spiro atoms. The van der Waals surface area contributed by atoms with E-state index < -0.39 is 0 Å². The third kappa shape index (κ3) is 3.39. The van der Waals surface area contributed by atoms with Crippen LogP contribution in [0, 0.1) is 0 Å². The van der Waals surface area contributed by atoms with Gasteiger partial charge in [-0.3, -0.25) is 4.98 Å². The summed E-state index contributed by atoms with van der Waals surface area (Å²) in [5.41, 5.74) is 2.65. The van der Waals surface area contributed by atoms with E-state index in [1.54, 1.807) is 0 Å². The Labute approximate surface area is 114 Å². The molecule has 0 atom stereocenters. The Morgan fingerprint density at radius 3 is 3.06 bits per heavy atom. The third-order valence-corrected chi connectivity index (χ3v) is 4.51. The highest BCUT2D eigenvalue weighted by Crippen LogP contribution is 2.33. The molecule has 0 bridgehead atoms. The lowest BCUT2D eigenvalue weighted by Gasteiger charge is -2.39. The van der Waals surface area contributed by atoms with Gasteiger partial charge in [0.05, 0.1) is 0 Å². The first-order valence-electron chi connectivity index (χ1n) is 6.65. The van der Waals surface area contributed by atoms with Gasteiger partial charge in [-0.2, -0.15) is 11.8 Å². The van der Waals surface area contributed by atoms with E-state index >= 15 is 0 Å². The van der Waals surface area contributed by atoms with E-state index in [9.17, 15) is 0 Å². The van der Waals surface area contributed by atoms with Crippen LogP contribution in [0.2, 0.25) is 0 Å². The summed E-state index contributed by atoms with van der Waals surface area (Å²) in [7, 11) is 0. The van der Waals surface area contributed by atoms with Gasteiger partial charge in [-0.1, -0.05) is 6.92 Å². The topological polar surface area (TPSA) is 28.2 Å². The smallest absolute Gasteiger partial charge is 0.0443 e. The van der Waals surface area contributed by atoms with Gasteiger partial charge in [0, 0.05) is 53.8 Å². The lowest BCUT2D eigenvalue weighted by atomic mass is 10.1.